The lowest BCUT2D eigenvalue weighted by Gasteiger charge is -2.23. The molecule has 11 rings (SSSR count). The minimum Gasteiger partial charge on any atom is -0.256 e. The molecule has 0 radical (unpaired) electrons. The molecule has 2 aromatic heterocycles. The van der Waals surface area contributed by atoms with Gasteiger partial charge in [0, 0.05) is 33.9 Å². The first-order chi connectivity index (χ1) is 29.0. The molecule has 8 aromatic carbocycles. The summed E-state index contributed by atoms with van der Waals surface area (Å²) in [5.41, 5.74) is 14.4. The Morgan fingerprint density at radius 2 is 0.983 bits per heavy atom. The molecule has 0 saturated carbocycles. The van der Waals surface area contributed by atoms with E-state index < -0.39 is 0 Å². The Morgan fingerprint density at radius 1 is 0.356 bits per heavy atom. The lowest BCUT2D eigenvalue weighted by molar-refractivity contribution is 0.661. The molecule has 0 saturated heterocycles. The van der Waals surface area contributed by atoms with Crippen LogP contribution in [0, 0.1) is 0 Å². The van der Waals surface area contributed by atoms with Crippen LogP contribution >= 0.6 is 0 Å². The lowest BCUT2D eigenvalue weighted by atomic mass is 9.80. The maximum atomic E-state index is 5.28. The van der Waals surface area contributed by atoms with Gasteiger partial charge in [0.25, 0.3) is 0 Å². The van der Waals surface area contributed by atoms with Crippen molar-refractivity contribution in [1.29, 1.82) is 0 Å². The first-order valence-corrected chi connectivity index (χ1v) is 20.1. The van der Waals surface area contributed by atoms with Crippen molar-refractivity contribution in [3.63, 3.8) is 0 Å². The Labute approximate surface area is 343 Å². The zero-order chi connectivity index (χ0) is 39.5. The van der Waals surface area contributed by atoms with Crippen LogP contribution in [0.25, 0.3) is 100 Å². The summed E-state index contributed by atoms with van der Waals surface area (Å²) in [6.07, 6.45) is 1.84. The van der Waals surface area contributed by atoms with Gasteiger partial charge >= 0.3 is 0 Å². The van der Waals surface area contributed by atoms with Gasteiger partial charge in [-0.15, -0.1) is 0 Å². The highest BCUT2D eigenvalue weighted by atomic mass is 15.0. The summed E-state index contributed by atoms with van der Waals surface area (Å²) in [6, 6.07) is 66.7. The van der Waals surface area contributed by atoms with Crippen LogP contribution in [0.15, 0.2) is 194 Å². The standard InChI is InChI=1S/C55H38N4/c1-55(2)48-24-11-10-23-46(48)51-45-22-9-8-21-44(45)47(34-49(51)55)42-31-41(38-19-14-20-39(29-38)50-25-12-13-28-56-50)32-43(33-42)54-58-52(36-16-4-3-5-17-36)57-53(59-54)40-27-26-35-15-6-7-18-37(35)30-40/h3-34H,1-2H3. The van der Waals surface area contributed by atoms with Crippen LogP contribution in [0.3, 0.4) is 0 Å². The maximum Gasteiger partial charge on any atom is 0.164 e. The lowest BCUT2D eigenvalue weighted by Crippen LogP contribution is -2.15. The number of fused-ring (bicyclic) bond motifs is 6. The van der Waals surface area contributed by atoms with Gasteiger partial charge in [0.1, 0.15) is 0 Å². The molecule has 0 atom stereocenters. The van der Waals surface area contributed by atoms with Crippen LogP contribution in [0.1, 0.15) is 25.0 Å². The van der Waals surface area contributed by atoms with Crippen LogP contribution in [-0.4, -0.2) is 19.9 Å². The molecule has 0 spiro atoms. The van der Waals surface area contributed by atoms with Gasteiger partial charge in [-0.25, -0.2) is 15.0 Å². The van der Waals surface area contributed by atoms with E-state index in [0.29, 0.717) is 17.5 Å². The van der Waals surface area contributed by atoms with Gasteiger partial charge in [-0.3, -0.25) is 4.98 Å². The molecule has 4 nitrogen and oxygen atoms in total. The summed E-state index contributed by atoms with van der Waals surface area (Å²) >= 11 is 0. The Bertz CT molecular complexity index is 3240. The van der Waals surface area contributed by atoms with E-state index in [1.165, 1.54) is 44.0 Å². The third-order valence-corrected chi connectivity index (χ3v) is 11.9. The predicted molar refractivity (Wildman–Crippen MR) is 243 cm³/mol. The second-order valence-corrected chi connectivity index (χ2v) is 15.9. The van der Waals surface area contributed by atoms with Gasteiger partial charge in [-0.05, 0) is 115 Å². The van der Waals surface area contributed by atoms with Gasteiger partial charge in [-0.2, -0.15) is 0 Å². The summed E-state index contributed by atoms with van der Waals surface area (Å²) < 4.78 is 0. The smallest absolute Gasteiger partial charge is 0.164 e. The molecule has 1 aliphatic carbocycles. The van der Waals surface area contributed by atoms with Gasteiger partial charge in [0.15, 0.2) is 17.5 Å². The number of nitrogens with zero attached hydrogens (tertiary/aromatic N) is 4. The van der Waals surface area contributed by atoms with E-state index in [9.17, 15) is 0 Å². The van der Waals surface area contributed by atoms with Crippen molar-refractivity contribution >= 4 is 21.5 Å². The molecule has 2 heterocycles. The molecule has 1 aliphatic rings. The average Bonchev–Trinajstić information content (AvgIpc) is 3.54. The van der Waals surface area contributed by atoms with Gasteiger partial charge in [0.05, 0.1) is 5.69 Å². The molecule has 0 aliphatic heterocycles. The zero-order valence-corrected chi connectivity index (χ0v) is 32.8. The molecule has 0 fully saturated rings. The van der Waals surface area contributed by atoms with Gasteiger partial charge in [-0.1, -0.05) is 153 Å². The van der Waals surface area contributed by atoms with Gasteiger partial charge in [0.2, 0.25) is 0 Å². The van der Waals surface area contributed by atoms with Crippen LogP contribution in [0.2, 0.25) is 0 Å². The van der Waals surface area contributed by atoms with Crippen LogP contribution < -0.4 is 0 Å². The third kappa shape index (κ3) is 6.00. The summed E-state index contributed by atoms with van der Waals surface area (Å²) in [4.78, 5) is 20.3. The van der Waals surface area contributed by atoms with E-state index >= 15 is 0 Å². The maximum absolute atomic E-state index is 5.28. The highest BCUT2D eigenvalue weighted by molar-refractivity contribution is 6.09. The SMILES string of the molecule is CC1(C)c2ccccc2-c2c1cc(-c1cc(-c3cccc(-c4ccccn4)c3)cc(-c3nc(-c4ccccc4)nc(-c4ccc5ccccc5c4)n3)c1)c1ccccc21. The molecular weight excluding hydrogens is 717 g/mol. The second-order valence-electron chi connectivity index (χ2n) is 15.9. The number of pyridine rings is 1. The Balaban J connectivity index is 1.17. The van der Waals surface area contributed by atoms with Crippen molar-refractivity contribution in [2.45, 2.75) is 19.3 Å². The summed E-state index contributed by atoms with van der Waals surface area (Å²) in [6.45, 7) is 4.71. The summed E-state index contributed by atoms with van der Waals surface area (Å²) in [5.74, 6) is 1.88. The molecule has 0 N–H and O–H groups in total. The minimum absolute atomic E-state index is 0.171. The zero-order valence-electron chi connectivity index (χ0n) is 32.8. The van der Waals surface area contributed by atoms with E-state index in [4.69, 9.17) is 15.0 Å². The molecular formula is C55H38N4. The fraction of sp³-hybridized carbons (Fsp3) is 0.0545. The van der Waals surface area contributed by atoms with Crippen molar-refractivity contribution in [2.75, 3.05) is 0 Å². The summed E-state index contributed by atoms with van der Waals surface area (Å²) in [5, 5.41) is 4.78. The molecule has 0 amide bonds. The second kappa shape index (κ2) is 13.8. The Hall–Kier alpha value is -7.56. The normalized spacial score (nSPS) is 12.7. The monoisotopic (exact) mass is 754 g/mol. The molecule has 10 aromatic rings. The molecule has 59 heavy (non-hydrogen) atoms. The third-order valence-electron chi connectivity index (χ3n) is 11.9. The number of hydrogen-bond acceptors (Lipinski definition) is 4. The van der Waals surface area contributed by atoms with Crippen molar-refractivity contribution in [3.05, 3.63) is 205 Å². The molecule has 4 heteroatoms. The van der Waals surface area contributed by atoms with E-state index in [2.05, 4.69) is 177 Å². The first kappa shape index (κ1) is 34.7. The van der Waals surface area contributed by atoms with Crippen molar-refractivity contribution < 1.29 is 0 Å². The topological polar surface area (TPSA) is 51.6 Å². The van der Waals surface area contributed by atoms with Crippen LogP contribution in [0.5, 0.6) is 0 Å². The largest absolute Gasteiger partial charge is 0.256 e. The number of benzene rings is 8. The predicted octanol–water partition coefficient (Wildman–Crippen LogP) is 13.9. The van der Waals surface area contributed by atoms with Gasteiger partial charge < -0.3 is 0 Å². The Morgan fingerprint density at radius 3 is 1.81 bits per heavy atom. The fourth-order valence-corrected chi connectivity index (χ4v) is 8.94. The van der Waals surface area contributed by atoms with E-state index in [0.717, 1.165) is 50.0 Å². The van der Waals surface area contributed by atoms with E-state index in [1.54, 1.807) is 0 Å². The van der Waals surface area contributed by atoms with Crippen molar-refractivity contribution in [2.24, 2.45) is 0 Å². The Kier molecular flexibility index (Phi) is 8.12. The number of aromatic nitrogens is 4. The average molecular weight is 755 g/mol. The summed E-state index contributed by atoms with van der Waals surface area (Å²) in [7, 11) is 0. The number of rotatable bonds is 6. The quantitative estimate of drug-likeness (QED) is 0.170. The van der Waals surface area contributed by atoms with Crippen LogP contribution in [-0.2, 0) is 5.41 Å². The molecule has 0 unspecified atom stereocenters. The van der Waals surface area contributed by atoms with Crippen molar-refractivity contribution in [1.82, 2.24) is 19.9 Å². The van der Waals surface area contributed by atoms with Crippen LogP contribution in [0.4, 0.5) is 0 Å². The van der Waals surface area contributed by atoms with E-state index in [-0.39, 0.29) is 5.41 Å². The minimum atomic E-state index is -0.171. The highest BCUT2D eigenvalue weighted by Gasteiger charge is 2.37. The fourth-order valence-electron chi connectivity index (χ4n) is 8.94. The van der Waals surface area contributed by atoms with Crippen molar-refractivity contribution in [3.8, 4) is 78.8 Å². The molecule has 278 valence electrons. The van der Waals surface area contributed by atoms with E-state index in [1.807, 2.05) is 36.5 Å². The highest BCUT2D eigenvalue weighted by Crippen LogP contribution is 2.53. The first-order valence-electron chi connectivity index (χ1n) is 20.1. The number of hydrogen-bond donors (Lipinski definition) is 0. The molecule has 0 bridgehead atoms.